The maximum atomic E-state index is 12.9. The molecule has 0 radical (unpaired) electrons. The number of hydrogen-bond donors (Lipinski definition) is 2. The number of carbonyl (C=O) groups is 1. The number of amides is 1. The number of hydrogen-bond acceptors (Lipinski definition) is 5. The Morgan fingerprint density at radius 2 is 2.00 bits per heavy atom. The fraction of sp³-hybridized carbons (Fsp3) is 0.158. The molecule has 0 aromatic heterocycles. The van der Waals surface area contributed by atoms with Crippen LogP contribution in [0.2, 0.25) is 5.02 Å². The van der Waals surface area contributed by atoms with Crippen molar-refractivity contribution in [3.63, 3.8) is 0 Å². The molecule has 2 aliphatic rings. The first-order chi connectivity index (χ1) is 12.7. The molecule has 2 N–H and O–H groups in total. The fourth-order valence-electron chi connectivity index (χ4n) is 3.14. The summed E-state index contributed by atoms with van der Waals surface area (Å²) in [4.78, 5) is 12.9. The number of benzene rings is 2. The van der Waals surface area contributed by atoms with E-state index in [1.54, 1.807) is 6.08 Å². The number of fused-ring (bicyclic) bond motifs is 3. The van der Waals surface area contributed by atoms with Gasteiger partial charge in [-0.25, -0.2) is 0 Å². The van der Waals surface area contributed by atoms with E-state index in [2.05, 4.69) is 17.2 Å². The third kappa shape index (κ3) is 3.06. The first-order valence-corrected chi connectivity index (χ1v) is 9.56. The highest BCUT2D eigenvalue weighted by molar-refractivity contribution is 8.14. The van der Waals surface area contributed by atoms with E-state index in [0.29, 0.717) is 15.9 Å². The number of anilines is 1. The van der Waals surface area contributed by atoms with Gasteiger partial charge in [0.1, 0.15) is 6.17 Å². The van der Waals surface area contributed by atoms with E-state index in [9.17, 15) is 4.79 Å². The minimum Gasteiger partial charge on any atom is -0.360 e. The van der Waals surface area contributed by atoms with Gasteiger partial charge in [0.25, 0.3) is 5.91 Å². The predicted molar refractivity (Wildman–Crippen MR) is 107 cm³/mol. The van der Waals surface area contributed by atoms with Crippen LogP contribution in [0.15, 0.2) is 66.3 Å². The van der Waals surface area contributed by atoms with Crippen LogP contribution in [0.5, 0.6) is 0 Å². The van der Waals surface area contributed by atoms with Crippen molar-refractivity contribution >= 4 is 40.1 Å². The zero-order chi connectivity index (χ0) is 18.1. The Bertz CT molecular complexity index is 883. The molecule has 2 heterocycles. The molecule has 5 nitrogen and oxygen atoms in total. The topological polar surface area (TPSA) is 56.7 Å². The summed E-state index contributed by atoms with van der Waals surface area (Å²) in [6.45, 7) is 3.72. The summed E-state index contributed by atoms with van der Waals surface area (Å²) < 4.78 is 0. The molecule has 2 aromatic carbocycles. The normalized spacial score (nSPS) is 21.0. The SMILES string of the molecule is C=CCSC1=NN2C(c3ccc(Cl)cc3)Nc3ccccc3C2C(=O)N1. The Balaban J connectivity index is 1.79. The van der Waals surface area contributed by atoms with Crippen LogP contribution in [0.25, 0.3) is 0 Å². The van der Waals surface area contributed by atoms with Crippen LogP contribution in [0.4, 0.5) is 5.69 Å². The lowest BCUT2D eigenvalue weighted by atomic mass is 9.97. The second kappa shape index (κ2) is 7.05. The maximum Gasteiger partial charge on any atom is 0.255 e. The standard InChI is InChI=1S/C19H17ClN4OS/c1-2-11-26-19-22-18(25)16-14-5-3-4-6-15(14)21-17(24(16)23-19)12-7-9-13(20)10-8-12/h2-10,16-17,21H,1,11H2,(H,22,23,25). The first kappa shape index (κ1) is 17.0. The Kier molecular flexibility index (Phi) is 4.61. The average molecular weight is 385 g/mol. The first-order valence-electron chi connectivity index (χ1n) is 8.20. The van der Waals surface area contributed by atoms with E-state index in [1.165, 1.54) is 11.8 Å². The van der Waals surface area contributed by atoms with Crippen LogP contribution in [0, 0.1) is 0 Å². The van der Waals surface area contributed by atoms with Crippen molar-refractivity contribution in [2.24, 2.45) is 5.10 Å². The van der Waals surface area contributed by atoms with Crippen LogP contribution >= 0.6 is 23.4 Å². The number of hydrazone groups is 1. The van der Waals surface area contributed by atoms with Crippen LogP contribution in [0.1, 0.15) is 23.3 Å². The molecule has 2 unspecified atom stereocenters. The quantitative estimate of drug-likeness (QED) is 0.781. The number of rotatable bonds is 3. The Hall–Kier alpha value is -2.44. The van der Waals surface area contributed by atoms with Crippen molar-refractivity contribution in [1.29, 1.82) is 0 Å². The van der Waals surface area contributed by atoms with Crippen molar-refractivity contribution < 1.29 is 4.79 Å². The van der Waals surface area contributed by atoms with Gasteiger partial charge in [0, 0.05) is 22.0 Å². The second-order valence-electron chi connectivity index (χ2n) is 5.96. The van der Waals surface area contributed by atoms with Crippen molar-refractivity contribution in [3.8, 4) is 0 Å². The van der Waals surface area contributed by atoms with E-state index in [-0.39, 0.29) is 12.1 Å². The molecule has 2 aliphatic heterocycles. The molecule has 0 spiro atoms. The summed E-state index contributed by atoms with van der Waals surface area (Å²) in [5.41, 5.74) is 2.83. The number of nitrogens with zero attached hydrogens (tertiary/aromatic N) is 2. The van der Waals surface area contributed by atoms with Crippen LogP contribution in [-0.4, -0.2) is 21.8 Å². The monoisotopic (exact) mass is 384 g/mol. The summed E-state index contributed by atoms with van der Waals surface area (Å²) in [6, 6.07) is 14.9. The second-order valence-corrected chi connectivity index (χ2v) is 7.41. The molecule has 2 aromatic rings. The van der Waals surface area contributed by atoms with Gasteiger partial charge in [-0.2, -0.15) is 0 Å². The van der Waals surface area contributed by atoms with E-state index in [4.69, 9.17) is 16.7 Å². The fourth-order valence-corrected chi connectivity index (χ4v) is 3.86. The molecule has 4 rings (SSSR count). The number of halogens is 1. The molecular weight excluding hydrogens is 368 g/mol. The van der Waals surface area contributed by atoms with Crippen LogP contribution in [0.3, 0.4) is 0 Å². The number of carbonyl (C=O) groups excluding carboxylic acids is 1. The van der Waals surface area contributed by atoms with Crippen molar-refractivity contribution in [1.82, 2.24) is 10.3 Å². The van der Waals surface area contributed by atoms with Gasteiger partial charge < -0.3 is 10.6 Å². The van der Waals surface area contributed by atoms with Crippen molar-refractivity contribution in [2.45, 2.75) is 12.2 Å². The van der Waals surface area contributed by atoms with Gasteiger partial charge in [0.2, 0.25) is 0 Å². The van der Waals surface area contributed by atoms with E-state index in [1.807, 2.05) is 53.5 Å². The Morgan fingerprint density at radius 3 is 2.77 bits per heavy atom. The molecule has 132 valence electrons. The molecule has 0 bridgehead atoms. The molecule has 0 aliphatic carbocycles. The van der Waals surface area contributed by atoms with E-state index < -0.39 is 6.04 Å². The van der Waals surface area contributed by atoms with Crippen molar-refractivity contribution in [3.05, 3.63) is 77.3 Å². The summed E-state index contributed by atoms with van der Waals surface area (Å²) in [5, 5.41) is 14.2. The number of thioether (sulfide) groups is 1. The minimum atomic E-state index is -0.485. The van der Waals surface area contributed by atoms with Crippen LogP contribution < -0.4 is 10.6 Å². The zero-order valence-corrected chi connectivity index (χ0v) is 15.4. The zero-order valence-electron chi connectivity index (χ0n) is 13.9. The lowest BCUT2D eigenvalue weighted by molar-refractivity contribution is -0.127. The summed E-state index contributed by atoms with van der Waals surface area (Å²) >= 11 is 7.48. The van der Waals surface area contributed by atoms with Gasteiger partial charge >= 0.3 is 0 Å². The lowest BCUT2D eigenvalue weighted by Gasteiger charge is -2.43. The largest absolute Gasteiger partial charge is 0.360 e. The van der Waals surface area contributed by atoms with Crippen LogP contribution in [-0.2, 0) is 4.79 Å². The summed E-state index contributed by atoms with van der Waals surface area (Å²) in [6.07, 6.45) is 1.52. The molecule has 0 saturated carbocycles. The minimum absolute atomic E-state index is 0.0838. The molecule has 26 heavy (non-hydrogen) atoms. The third-order valence-corrected chi connectivity index (χ3v) is 5.40. The Morgan fingerprint density at radius 1 is 1.23 bits per heavy atom. The third-order valence-electron chi connectivity index (χ3n) is 4.29. The van der Waals surface area contributed by atoms with Gasteiger partial charge in [-0.05, 0) is 23.8 Å². The summed E-state index contributed by atoms with van der Waals surface area (Å²) in [5.74, 6) is 0.590. The van der Waals surface area contributed by atoms with E-state index >= 15 is 0 Å². The van der Waals surface area contributed by atoms with Gasteiger partial charge in [-0.3, -0.25) is 9.80 Å². The van der Waals surface area contributed by atoms with Crippen molar-refractivity contribution in [2.75, 3.05) is 11.1 Å². The predicted octanol–water partition coefficient (Wildman–Crippen LogP) is 4.13. The van der Waals surface area contributed by atoms with E-state index in [0.717, 1.165) is 16.8 Å². The highest BCUT2D eigenvalue weighted by Crippen LogP contribution is 2.42. The number of amidine groups is 1. The van der Waals surface area contributed by atoms with Gasteiger partial charge in [0.05, 0.1) is 0 Å². The highest BCUT2D eigenvalue weighted by atomic mass is 35.5. The molecule has 0 fully saturated rings. The summed E-state index contributed by atoms with van der Waals surface area (Å²) in [7, 11) is 0. The van der Waals surface area contributed by atoms with Gasteiger partial charge in [-0.1, -0.05) is 59.8 Å². The Labute approximate surface area is 161 Å². The molecule has 2 atom stereocenters. The maximum absolute atomic E-state index is 12.9. The smallest absolute Gasteiger partial charge is 0.255 e. The average Bonchev–Trinajstić information content (AvgIpc) is 2.66. The highest BCUT2D eigenvalue weighted by Gasteiger charge is 2.41. The number of para-hydroxylation sites is 1. The molecule has 1 amide bonds. The molecular formula is C19H17ClN4OS. The lowest BCUT2D eigenvalue weighted by Crippen LogP contribution is -2.50. The molecule has 7 heteroatoms. The molecule has 0 saturated heterocycles. The number of nitrogens with one attached hydrogen (secondary N) is 2. The van der Waals surface area contributed by atoms with Gasteiger partial charge in [-0.15, -0.1) is 11.7 Å². The van der Waals surface area contributed by atoms with Gasteiger partial charge in [0.15, 0.2) is 11.2 Å².